The first-order chi connectivity index (χ1) is 8.72. The van der Waals surface area contributed by atoms with Crippen LogP contribution in [0.15, 0.2) is 6.20 Å². The quantitative estimate of drug-likeness (QED) is 0.877. The lowest BCUT2D eigenvalue weighted by atomic mass is 10.00. The number of aromatic nitrogens is 2. The molecule has 1 aromatic rings. The van der Waals surface area contributed by atoms with Crippen molar-refractivity contribution in [3.8, 4) is 0 Å². The van der Waals surface area contributed by atoms with Crippen molar-refractivity contribution in [2.45, 2.75) is 44.8 Å². The Bertz CT molecular complexity index is 449. The third-order valence-electron chi connectivity index (χ3n) is 3.85. The Balaban J connectivity index is 1.70. The molecular formula is C13H18N2O3. The fourth-order valence-electron chi connectivity index (χ4n) is 2.84. The molecule has 0 bridgehead atoms. The van der Waals surface area contributed by atoms with Crippen LogP contribution in [0.2, 0.25) is 0 Å². The number of hydrogen-bond donors (Lipinski definition) is 1. The predicted octanol–water partition coefficient (Wildman–Crippen LogP) is 1.25. The van der Waals surface area contributed by atoms with Crippen molar-refractivity contribution in [3.05, 3.63) is 17.7 Å². The number of imidazole rings is 1. The number of aryl methyl sites for hydroxylation is 1. The molecule has 18 heavy (non-hydrogen) atoms. The zero-order chi connectivity index (χ0) is 12.5. The molecule has 0 radical (unpaired) electrons. The Morgan fingerprint density at radius 2 is 2.44 bits per heavy atom. The Hall–Kier alpha value is -1.36. The molecule has 0 amide bonds. The van der Waals surface area contributed by atoms with Gasteiger partial charge in [0.05, 0.1) is 17.7 Å². The minimum absolute atomic E-state index is 0.262. The van der Waals surface area contributed by atoms with E-state index in [2.05, 4.69) is 4.98 Å². The van der Waals surface area contributed by atoms with Crippen molar-refractivity contribution in [1.82, 2.24) is 9.55 Å². The number of ether oxygens (including phenoxy) is 1. The maximum atomic E-state index is 11.0. The Kier molecular flexibility index (Phi) is 3.07. The van der Waals surface area contributed by atoms with Crippen LogP contribution in [0.25, 0.3) is 0 Å². The maximum Gasteiger partial charge on any atom is 0.308 e. The van der Waals surface area contributed by atoms with E-state index in [4.69, 9.17) is 9.84 Å². The molecular weight excluding hydrogens is 232 g/mol. The zero-order valence-electron chi connectivity index (χ0n) is 10.3. The van der Waals surface area contributed by atoms with Gasteiger partial charge in [0, 0.05) is 32.2 Å². The lowest BCUT2D eigenvalue weighted by Crippen LogP contribution is -2.26. The van der Waals surface area contributed by atoms with Gasteiger partial charge in [-0.05, 0) is 19.3 Å². The highest BCUT2D eigenvalue weighted by Crippen LogP contribution is 2.22. The van der Waals surface area contributed by atoms with Crippen LogP contribution in [-0.4, -0.2) is 33.3 Å². The average Bonchev–Trinajstić information content (AvgIpc) is 2.96. The Morgan fingerprint density at radius 1 is 1.56 bits per heavy atom. The number of hydrogen-bond acceptors (Lipinski definition) is 3. The summed E-state index contributed by atoms with van der Waals surface area (Å²) in [6.07, 6.45) is 6.88. The summed E-state index contributed by atoms with van der Waals surface area (Å²) >= 11 is 0. The molecule has 0 spiro atoms. The van der Waals surface area contributed by atoms with E-state index in [-0.39, 0.29) is 5.92 Å². The summed E-state index contributed by atoms with van der Waals surface area (Å²) in [6.45, 7) is 1.42. The fraction of sp³-hybridized carbons (Fsp3) is 0.692. The van der Waals surface area contributed by atoms with Crippen LogP contribution in [0.4, 0.5) is 0 Å². The van der Waals surface area contributed by atoms with Crippen molar-refractivity contribution in [3.63, 3.8) is 0 Å². The first-order valence-electron chi connectivity index (χ1n) is 6.61. The van der Waals surface area contributed by atoms with Gasteiger partial charge in [-0.15, -0.1) is 0 Å². The second-order valence-corrected chi connectivity index (χ2v) is 5.21. The van der Waals surface area contributed by atoms with Crippen LogP contribution in [0.1, 0.15) is 30.8 Å². The van der Waals surface area contributed by atoms with Gasteiger partial charge in [-0.1, -0.05) is 0 Å². The topological polar surface area (TPSA) is 64.3 Å². The first kappa shape index (κ1) is 11.7. The summed E-state index contributed by atoms with van der Waals surface area (Å²) in [6, 6.07) is 0. The summed E-state index contributed by atoms with van der Waals surface area (Å²) in [7, 11) is 0. The molecule has 98 valence electrons. The van der Waals surface area contributed by atoms with Gasteiger partial charge < -0.3 is 14.4 Å². The van der Waals surface area contributed by atoms with E-state index >= 15 is 0 Å². The second kappa shape index (κ2) is 4.72. The summed E-state index contributed by atoms with van der Waals surface area (Å²) in [5.74, 6) is 0.0674. The molecule has 0 saturated carbocycles. The Labute approximate surface area is 106 Å². The van der Waals surface area contributed by atoms with Gasteiger partial charge in [0.25, 0.3) is 0 Å². The molecule has 5 heteroatoms. The SMILES string of the molecule is O=C(O)C1CCc2nc(CC3CCCO3)cn2C1. The highest BCUT2D eigenvalue weighted by atomic mass is 16.5. The number of carboxylic acid groups (broad SMARTS) is 1. The highest BCUT2D eigenvalue weighted by Gasteiger charge is 2.26. The normalized spacial score (nSPS) is 27.1. The molecule has 0 aromatic carbocycles. The van der Waals surface area contributed by atoms with E-state index in [0.29, 0.717) is 19.1 Å². The number of rotatable bonds is 3. The molecule has 2 aliphatic heterocycles. The molecule has 2 atom stereocenters. The lowest BCUT2D eigenvalue weighted by Gasteiger charge is -2.19. The molecule has 5 nitrogen and oxygen atoms in total. The molecule has 2 aliphatic rings. The summed E-state index contributed by atoms with van der Waals surface area (Å²) < 4.78 is 7.61. The zero-order valence-corrected chi connectivity index (χ0v) is 10.3. The van der Waals surface area contributed by atoms with Crippen LogP contribution < -0.4 is 0 Å². The predicted molar refractivity (Wildman–Crippen MR) is 64.4 cm³/mol. The van der Waals surface area contributed by atoms with Crippen LogP contribution in [-0.2, 0) is 28.9 Å². The van der Waals surface area contributed by atoms with E-state index in [9.17, 15) is 4.79 Å². The van der Waals surface area contributed by atoms with Gasteiger partial charge in [-0.2, -0.15) is 0 Å². The molecule has 1 N–H and O–H groups in total. The largest absolute Gasteiger partial charge is 0.481 e. The van der Waals surface area contributed by atoms with Gasteiger partial charge in [-0.3, -0.25) is 4.79 Å². The van der Waals surface area contributed by atoms with Crippen LogP contribution in [0.5, 0.6) is 0 Å². The number of carboxylic acids is 1. The lowest BCUT2D eigenvalue weighted by molar-refractivity contribution is -0.142. The standard InChI is InChI=1S/C13H18N2O3/c16-13(17)9-3-4-12-14-10(8-15(12)7-9)6-11-2-1-5-18-11/h8-9,11H,1-7H2,(H,16,17). The third kappa shape index (κ3) is 2.27. The highest BCUT2D eigenvalue weighted by molar-refractivity contribution is 5.70. The number of fused-ring (bicyclic) bond motifs is 1. The second-order valence-electron chi connectivity index (χ2n) is 5.21. The van der Waals surface area contributed by atoms with Crippen LogP contribution in [0.3, 0.4) is 0 Å². The Morgan fingerprint density at radius 3 is 3.17 bits per heavy atom. The molecule has 1 aromatic heterocycles. The summed E-state index contributed by atoms with van der Waals surface area (Å²) in [5.41, 5.74) is 1.04. The third-order valence-corrected chi connectivity index (χ3v) is 3.85. The van der Waals surface area contributed by atoms with Gasteiger partial charge in [0.1, 0.15) is 5.82 Å². The minimum atomic E-state index is -0.699. The van der Waals surface area contributed by atoms with Crippen molar-refractivity contribution in [1.29, 1.82) is 0 Å². The van der Waals surface area contributed by atoms with Crippen molar-refractivity contribution >= 4 is 5.97 Å². The van der Waals surface area contributed by atoms with Crippen molar-refractivity contribution < 1.29 is 14.6 Å². The smallest absolute Gasteiger partial charge is 0.308 e. The van der Waals surface area contributed by atoms with Crippen LogP contribution >= 0.6 is 0 Å². The van der Waals surface area contributed by atoms with Gasteiger partial charge in [0.15, 0.2) is 0 Å². The van der Waals surface area contributed by atoms with Gasteiger partial charge in [0.2, 0.25) is 0 Å². The average molecular weight is 250 g/mol. The van der Waals surface area contributed by atoms with E-state index < -0.39 is 5.97 Å². The molecule has 0 aliphatic carbocycles. The van der Waals surface area contributed by atoms with Crippen molar-refractivity contribution in [2.24, 2.45) is 5.92 Å². The molecule has 1 fully saturated rings. The minimum Gasteiger partial charge on any atom is -0.481 e. The van der Waals surface area contributed by atoms with E-state index in [1.807, 2.05) is 10.8 Å². The summed E-state index contributed by atoms with van der Waals surface area (Å²) in [5, 5.41) is 9.05. The summed E-state index contributed by atoms with van der Waals surface area (Å²) in [4.78, 5) is 15.6. The first-order valence-corrected chi connectivity index (χ1v) is 6.61. The van der Waals surface area contributed by atoms with Gasteiger partial charge in [-0.25, -0.2) is 4.98 Å². The van der Waals surface area contributed by atoms with E-state index in [0.717, 1.165) is 43.8 Å². The molecule has 3 rings (SSSR count). The van der Waals surface area contributed by atoms with Crippen molar-refractivity contribution in [2.75, 3.05) is 6.61 Å². The monoisotopic (exact) mass is 250 g/mol. The van der Waals surface area contributed by atoms with E-state index in [1.54, 1.807) is 0 Å². The van der Waals surface area contributed by atoms with Gasteiger partial charge >= 0.3 is 5.97 Å². The maximum absolute atomic E-state index is 11.0. The molecule has 2 unspecified atom stereocenters. The van der Waals surface area contributed by atoms with Crippen LogP contribution in [0, 0.1) is 5.92 Å². The number of nitrogens with zero attached hydrogens (tertiary/aromatic N) is 2. The fourth-order valence-corrected chi connectivity index (χ4v) is 2.84. The van der Waals surface area contributed by atoms with E-state index in [1.165, 1.54) is 0 Å². The number of aliphatic carboxylic acids is 1. The molecule has 1 saturated heterocycles. The number of carbonyl (C=O) groups is 1. The molecule has 3 heterocycles.